The zero-order valence-corrected chi connectivity index (χ0v) is 16.5. The lowest BCUT2D eigenvalue weighted by atomic mass is 10.1. The van der Waals surface area contributed by atoms with Crippen molar-refractivity contribution in [1.29, 1.82) is 0 Å². The van der Waals surface area contributed by atoms with Gasteiger partial charge in [0.05, 0.1) is 21.6 Å². The van der Waals surface area contributed by atoms with Crippen molar-refractivity contribution in [2.24, 2.45) is 0 Å². The number of hydrogen-bond donors (Lipinski definition) is 0. The summed E-state index contributed by atoms with van der Waals surface area (Å²) in [6.45, 7) is 0.0151. The number of carbonyl (C=O) groups excluding carboxylic acids is 4. The van der Waals surface area contributed by atoms with Gasteiger partial charge >= 0.3 is 5.97 Å². The Morgan fingerprint density at radius 1 is 1.00 bits per heavy atom. The van der Waals surface area contributed by atoms with Crippen molar-refractivity contribution in [3.8, 4) is 0 Å². The number of carbonyl (C=O) groups is 4. The van der Waals surface area contributed by atoms with Crippen LogP contribution in [0.5, 0.6) is 0 Å². The summed E-state index contributed by atoms with van der Waals surface area (Å²) < 4.78 is 9.93. The van der Waals surface area contributed by atoms with E-state index in [2.05, 4.69) is 0 Å². The molecule has 31 heavy (non-hydrogen) atoms. The molecule has 0 atom stereocenters. The third kappa shape index (κ3) is 4.64. The number of nitro groups is 1. The molecule has 0 aliphatic carbocycles. The summed E-state index contributed by atoms with van der Waals surface area (Å²) in [5.74, 6) is -2.33. The molecule has 0 fully saturated rings. The second-order valence-electron chi connectivity index (χ2n) is 6.67. The summed E-state index contributed by atoms with van der Waals surface area (Å²) >= 11 is 0. The number of Topliss-reactive ketones (excluding diaryl/α,β-unsaturated/α-hetero) is 1. The Kier molecular flexibility index (Phi) is 6.51. The molecule has 0 spiro atoms. The first kappa shape index (κ1) is 21.8. The number of nitrogens with zero attached hydrogens (tertiary/aromatic N) is 2. The van der Waals surface area contributed by atoms with Gasteiger partial charge in [-0.05, 0) is 36.8 Å². The topological polar surface area (TPSA) is 133 Å². The van der Waals surface area contributed by atoms with E-state index in [9.17, 15) is 29.3 Å². The SMILES string of the molecule is COCCCN1C(=O)c2ccc(C(=O)OCC(=O)c3ccc([N+](=O)[O-])cc3)cc2C1=O. The first-order valence-electron chi connectivity index (χ1n) is 9.27. The molecule has 2 amide bonds. The van der Waals surface area contributed by atoms with Gasteiger partial charge in [-0.3, -0.25) is 29.4 Å². The minimum Gasteiger partial charge on any atom is -0.454 e. The minimum absolute atomic E-state index is 0.0233. The van der Waals surface area contributed by atoms with Gasteiger partial charge in [0.2, 0.25) is 0 Å². The van der Waals surface area contributed by atoms with Crippen LogP contribution < -0.4 is 0 Å². The standard InChI is InChI=1S/C21H18N2O8/c1-30-10-2-9-22-19(25)16-8-5-14(11-17(16)20(22)26)21(27)31-12-18(24)13-3-6-15(7-4-13)23(28)29/h3-8,11H,2,9-10,12H2,1H3. The van der Waals surface area contributed by atoms with Crippen LogP contribution in [0.15, 0.2) is 42.5 Å². The molecule has 1 heterocycles. The molecule has 0 unspecified atom stereocenters. The number of ketones is 1. The van der Waals surface area contributed by atoms with E-state index in [4.69, 9.17) is 9.47 Å². The van der Waals surface area contributed by atoms with Crippen molar-refractivity contribution in [2.45, 2.75) is 6.42 Å². The van der Waals surface area contributed by atoms with E-state index in [0.717, 1.165) is 4.90 Å². The van der Waals surface area contributed by atoms with Gasteiger partial charge < -0.3 is 9.47 Å². The van der Waals surface area contributed by atoms with Gasteiger partial charge in [-0.25, -0.2) is 4.79 Å². The van der Waals surface area contributed by atoms with Gasteiger partial charge in [0.1, 0.15) is 0 Å². The number of methoxy groups -OCH3 is 1. The summed E-state index contributed by atoms with van der Waals surface area (Å²) in [6.07, 6.45) is 0.488. The Balaban J connectivity index is 1.65. The fraction of sp³-hybridized carbons (Fsp3) is 0.238. The van der Waals surface area contributed by atoms with Crippen LogP contribution in [-0.4, -0.2) is 60.3 Å². The number of ether oxygens (including phenoxy) is 2. The second-order valence-corrected chi connectivity index (χ2v) is 6.67. The number of hydrogen-bond acceptors (Lipinski definition) is 8. The Bertz CT molecular complexity index is 1060. The Hall–Kier alpha value is -3.92. The highest BCUT2D eigenvalue weighted by atomic mass is 16.6. The lowest BCUT2D eigenvalue weighted by Crippen LogP contribution is -2.31. The lowest BCUT2D eigenvalue weighted by molar-refractivity contribution is -0.384. The maximum Gasteiger partial charge on any atom is 0.338 e. The normalized spacial score (nSPS) is 12.6. The zero-order chi connectivity index (χ0) is 22.5. The highest BCUT2D eigenvalue weighted by Crippen LogP contribution is 2.24. The molecule has 2 aromatic rings. The first-order valence-corrected chi connectivity index (χ1v) is 9.27. The maximum absolute atomic E-state index is 12.5. The van der Waals surface area contributed by atoms with Gasteiger partial charge in [0.25, 0.3) is 17.5 Å². The van der Waals surface area contributed by atoms with Crippen LogP contribution in [-0.2, 0) is 9.47 Å². The summed E-state index contributed by atoms with van der Waals surface area (Å²) in [4.78, 5) is 60.5. The molecule has 0 N–H and O–H groups in total. The fourth-order valence-corrected chi connectivity index (χ4v) is 3.05. The first-order chi connectivity index (χ1) is 14.8. The van der Waals surface area contributed by atoms with Gasteiger partial charge in [-0.15, -0.1) is 0 Å². The van der Waals surface area contributed by atoms with E-state index in [1.165, 1.54) is 49.6 Å². The fourth-order valence-electron chi connectivity index (χ4n) is 3.05. The Labute approximate surface area is 176 Å². The molecule has 160 valence electrons. The van der Waals surface area contributed by atoms with Crippen LogP contribution in [0.4, 0.5) is 5.69 Å². The van der Waals surface area contributed by atoms with E-state index in [-0.39, 0.29) is 34.5 Å². The highest BCUT2D eigenvalue weighted by Gasteiger charge is 2.35. The molecule has 1 aliphatic heterocycles. The van der Waals surface area contributed by atoms with E-state index in [0.29, 0.717) is 13.0 Å². The molecular weight excluding hydrogens is 408 g/mol. The third-order valence-corrected chi connectivity index (χ3v) is 4.67. The summed E-state index contributed by atoms with van der Waals surface area (Å²) in [6, 6.07) is 8.89. The van der Waals surface area contributed by atoms with E-state index in [1.807, 2.05) is 0 Å². The number of imide groups is 1. The van der Waals surface area contributed by atoms with Gasteiger partial charge in [0.15, 0.2) is 12.4 Å². The third-order valence-electron chi connectivity index (χ3n) is 4.67. The average molecular weight is 426 g/mol. The number of benzene rings is 2. The molecule has 0 bridgehead atoms. The molecule has 10 heteroatoms. The van der Waals surface area contributed by atoms with Crippen LogP contribution in [0.2, 0.25) is 0 Å². The summed E-state index contributed by atoms with van der Waals surface area (Å²) in [7, 11) is 1.52. The van der Waals surface area contributed by atoms with Crippen molar-refractivity contribution < 1.29 is 33.6 Å². The largest absolute Gasteiger partial charge is 0.454 e. The Morgan fingerprint density at radius 2 is 1.65 bits per heavy atom. The molecule has 3 rings (SSSR count). The van der Waals surface area contributed by atoms with E-state index >= 15 is 0 Å². The molecule has 2 aromatic carbocycles. The van der Waals surface area contributed by atoms with Crippen molar-refractivity contribution in [3.05, 3.63) is 74.8 Å². The van der Waals surface area contributed by atoms with Gasteiger partial charge in [0, 0.05) is 38.0 Å². The quantitative estimate of drug-likeness (QED) is 0.149. The number of esters is 1. The summed E-state index contributed by atoms with van der Waals surface area (Å²) in [5, 5.41) is 10.7. The molecule has 10 nitrogen and oxygen atoms in total. The predicted octanol–water partition coefficient (Wildman–Crippen LogP) is 2.27. The van der Waals surface area contributed by atoms with Crippen molar-refractivity contribution in [1.82, 2.24) is 4.90 Å². The number of fused-ring (bicyclic) bond motifs is 1. The monoisotopic (exact) mass is 426 g/mol. The van der Waals surface area contributed by atoms with E-state index in [1.54, 1.807) is 0 Å². The smallest absolute Gasteiger partial charge is 0.338 e. The number of rotatable bonds is 9. The molecule has 0 radical (unpaired) electrons. The zero-order valence-electron chi connectivity index (χ0n) is 16.5. The molecule has 0 saturated heterocycles. The summed E-state index contributed by atoms with van der Waals surface area (Å²) in [5.41, 5.74) is 0.302. The second kappa shape index (κ2) is 9.26. The Morgan fingerprint density at radius 3 is 2.29 bits per heavy atom. The average Bonchev–Trinajstić information content (AvgIpc) is 3.01. The predicted molar refractivity (Wildman–Crippen MR) is 106 cm³/mol. The van der Waals surface area contributed by atoms with Crippen molar-refractivity contribution >= 4 is 29.3 Å². The van der Waals surface area contributed by atoms with Crippen molar-refractivity contribution in [3.63, 3.8) is 0 Å². The van der Waals surface area contributed by atoms with Gasteiger partial charge in [-0.1, -0.05) is 0 Å². The van der Waals surface area contributed by atoms with Crippen LogP contribution >= 0.6 is 0 Å². The molecular formula is C21H18N2O8. The number of nitro benzene ring substituents is 1. The molecule has 1 aliphatic rings. The van der Waals surface area contributed by atoms with Crippen LogP contribution in [0.1, 0.15) is 47.9 Å². The van der Waals surface area contributed by atoms with Crippen LogP contribution in [0.25, 0.3) is 0 Å². The number of amides is 2. The lowest BCUT2D eigenvalue weighted by Gasteiger charge is -2.12. The minimum atomic E-state index is -0.837. The highest BCUT2D eigenvalue weighted by molar-refractivity contribution is 6.22. The maximum atomic E-state index is 12.5. The van der Waals surface area contributed by atoms with Gasteiger partial charge in [-0.2, -0.15) is 0 Å². The van der Waals surface area contributed by atoms with Crippen LogP contribution in [0, 0.1) is 10.1 Å². The van der Waals surface area contributed by atoms with E-state index < -0.39 is 35.1 Å². The number of non-ortho nitro benzene ring substituents is 1. The molecule has 0 aromatic heterocycles. The molecule has 0 saturated carbocycles. The van der Waals surface area contributed by atoms with Crippen LogP contribution in [0.3, 0.4) is 0 Å². The van der Waals surface area contributed by atoms with Crippen molar-refractivity contribution in [2.75, 3.05) is 26.9 Å².